The lowest BCUT2D eigenvalue weighted by atomic mass is 10.2. The van der Waals surface area contributed by atoms with Crippen LogP contribution in [-0.4, -0.2) is 25.0 Å². The van der Waals surface area contributed by atoms with Gasteiger partial charge in [0.25, 0.3) is 0 Å². The van der Waals surface area contributed by atoms with Gasteiger partial charge in [-0.05, 0) is 24.2 Å². The van der Waals surface area contributed by atoms with Crippen molar-refractivity contribution >= 4 is 24.2 Å². The van der Waals surface area contributed by atoms with Crippen molar-refractivity contribution < 1.29 is 9.53 Å². The Balaban J connectivity index is 4.29. The number of allylic oxidation sites excluding steroid dienone is 1. The highest BCUT2D eigenvalue weighted by Crippen LogP contribution is 2.37. The van der Waals surface area contributed by atoms with Crippen LogP contribution >= 0.6 is 15.9 Å². The second kappa shape index (κ2) is 5.44. The van der Waals surface area contributed by atoms with Gasteiger partial charge in [0.05, 0.1) is 0 Å². The summed E-state index contributed by atoms with van der Waals surface area (Å²) in [7, 11) is -1.83. The van der Waals surface area contributed by atoms with Gasteiger partial charge in [-0.25, -0.2) is 0 Å². The lowest BCUT2D eigenvalue weighted by molar-refractivity contribution is 0.0130. The fraction of sp³-hybridized carbons (Fsp3) is 0.800. The third-order valence-electron chi connectivity index (χ3n) is 2.61. The van der Waals surface area contributed by atoms with Crippen LogP contribution in [0.3, 0.4) is 0 Å². The Morgan fingerprint density at radius 1 is 1.43 bits per heavy atom. The Bertz CT molecular complexity index is 197. The molecule has 0 aromatic heterocycles. The molecule has 0 rings (SSSR count). The predicted molar refractivity (Wildman–Crippen MR) is 67.2 cm³/mol. The van der Waals surface area contributed by atoms with Crippen LogP contribution in [0, 0.1) is 0 Å². The highest BCUT2D eigenvalue weighted by atomic mass is 79.9. The number of aliphatic hydroxyl groups excluding tert-OH is 1. The summed E-state index contributed by atoms with van der Waals surface area (Å²) in [6.07, 6.45) is 2.75. The fourth-order valence-electron chi connectivity index (χ4n) is 0.686. The van der Waals surface area contributed by atoms with Crippen LogP contribution in [0.5, 0.6) is 0 Å². The van der Waals surface area contributed by atoms with Gasteiger partial charge in [-0.3, -0.25) is 0 Å². The minimum Gasteiger partial charge on any atom is -0.389 e. The Hall–Kier alpha value is 0.357. The van der Waals surface area contributed by atoms with E-state index in [2.05, 4.69) is 49.8 Å². The topological polar surface area (TPSA) is 29.5 Å². The molecular formula is C10H21BrO2Si. The first-order valence-corrected chi connectivity index (χ1v) is 8.82. The van der Waals surface area contributed by atoms with E-state index in [1.165, 1.54) is 0 Å². The van der Waals surface area contributed by atoms with Crippen LogP contribution in [0.2, 0.25) is 18.1 Å². The summed E-state index contributed by atoms with van der Waals surface area (Å²) in [5.74, 6) is 0. The molecule has 0 fully saturated rings. The number of alkyl halides is 1. The van der Waals surface area contributed by atoms with Crippen molar-refractivity contribution in [3.8, 4) is 0 Å². The maximum atomic E-state index is 9.58. The van der Waals surface area contributed by atoms with E-state index in [9.17, 15) is 5.11 Å². The second-order valence-electron chi connectivity index (χ2n) is 4.85. The van der Waals surface area contributed by atoms with Gasteiger partial charge in [0, 0.05) is 5.33 Å². The van der Waals surface area contributed by atoms with Crippen LogP contribution in [0.15, 0.2) is 12.2 Å². The molecule has 0 aliphatic rings. The molecule has 0 heterocycles. The van der Waals surface area contributed by atoms with Crippen LogP contribution in [0.1, 0.15) is 20.8 Å². The molecule has 1 N–H and O–H groups in total. The van der Waals surface area contributed by atoms with E-state index >= 15 is 0 Å². The number of hydrogen-bond donors (Lipinski definition) is 1. The van der Waals surface area contributed by atoms with Crippen molar-refractivity contribution in [3.63, 3.8) is 0 Å². The molecule has 0 saturated heterocycles. The summed E-state index contributed by atoms with van der Waals surface area (Å²) in [5, 5.41) is 10.5. The van der Waals surface area contributed by atoms with Gasteiger partial charge < -0.3 is 9.53 Å². The zero-order chi connectivity index (χ0) is 11.4. The van der Waals surface area contributed by atoms with E-state index in [-0.39, 0.29) is 5.04 Å². The van der Waals surface area contributed by atoms with Gasteiger partial charge in [0.1, 0.15) is 0 Å². The first-order chi connectivity index (χ1) is 6.20. The van der Waals surface area contributed by atoms with E-state index in [0.717, 1.165) is 5.33 Å². The molecule has 1 unspecified atom stereocenters. The zero-order valence-corrected chi connectivity index (χ0v) is 12.3. The van der Waals surface area contributed by atoms with Gasteiger partial charge in [0.15, 0.2) is 14.6 Å². The van der Waals surface area contributed by atoms with Crippen LogP contribution in [0.4, 0.5) is 0 Å². The normalized spacial score (nSPS) is 16.2. The summed E-state index contributed by atoms with van der Waals surface area (Å²) in [6, 6.07) is 0. The van der Waals surface area contributed by atoms with Crippen molar-refractivity contribution in [1.29, 1.82) is 0 Å². The molecule has 84 valence electrons. The van der Waals surface area contributed by atoms with E-state index in [0.29, 0.717) is 0 Å². The molecule has 0 aliphatic heterocycles. The van der Waals surface area contributed by atoms with E-state index < -0.39 is 14.6 Å². The Labute approximate surface area is 96.6 Å². The molecular weight excluding hydrogens is 260 g/mol. The highest BCUT2D eigenvalue weighted by molar-refractivity contribution is 9.09. The van der Waals surface area contributed by atoms with Gasteiger partial charge >= 0.3 is 0 Å². The first kappa shape index (κ1) is 14.4. The van der Waals surface area contributed by atoms with E-state index in [1.54, 1.807) is 6.08 Å². The molecule has 0 aliphatic carbocycles. The van der Waals surface area contributed by atoms with Gasteiger partial charge in [-0.1, -0.05) is 42.8 Å². The smallest absolute Gasteiger partial charge is 0.195 e. The molecule has 0 radical (unpaired) electrons. The molecule has 0 amide bonds. The third-order valence-corrected chi connectivity index (χ3v) is 7.43. The zero-order valence-electron chi connectivity index (χ0n) is 9.67. The average molecular weight is 281 g/mol. The van der Waals surface area contributed by atoms with Crippen molar-refractivity contribution in [3.05, 3.63) is 12.2 Å². The Morgan fingerprint density at radius 2 is 1.93 bits per heavy atom. The monoisotopic (exact) mass is 280 g/mol. The Kier molecular flexibility index (Phi) is 5.58. The summed E-state index contributed by atoms with van der Waals surface area (Å²) < 4.78 is 5.69. The molecule has 1 atom stereocenters. The van der Waals surface area contributed by atoms with Crippen molar-refractivity contribution in [1.82, 2.24) is 0 Å². The van der Waals surface area contributed by atoms with E-state index in [4.69, 9.17) is 4.43 Å². The minimum atomic E-state index is -1.83. The molecule has 0 saturated carbocycles. The average Bonchev–Trinajstić information content (AvgIpc) is 1.97. The summed E-state index contributed by atoms with van der Waals surface area (Å²) in [6.45, 7) is 10.7. The van der Waals surface area contributed by atoms with Gasteiger partial charge in [0.2, 0.25) is 0 Å². The van der Waals surface area contributed by atoms with Crippen molar-refractivity contribution in [2.24, 2.45) is 0 Å². The fourth-order valence-corrected chi connectivity index (χ4v) is 1.94. The molecule has 0 spiro atoms. The van der Waals surface area contributed by atoms with Crippen LogP contribution in [-0.2, 0) is 4.43 Å². The molecule has 2 nitrogen and oxygen atoms in total. The number of halogens is 1. The SMILES string of the molecule is CC(C)(C)[Si](C)(C)OC(O)/C=C/CBr. The minimum absolute atomic E-state index is 0.135. The summed E-state index contributed by atoms with van der Waals surface area (Å²) in [4.78, 5) is 0. The lowest BCUT2D eigenvalue weighted by Crippen LogP contribution is -2.43. The van der Waals surface area contributed by atoms with Gasteiger partial charge in [-0.15, -0.1) is 0 Å². The molecule has 4 heteroatoms. The van der Waals surface area contributed by atoms with Crippen molar-refractivity contribution in [2.45, 2.75) is 45.2 Å². The number of aliphatic hydroxyl groups is 1. The summed E-state index contributed by atoms with van der Waals surface area (Å²) >= 11 is 3.25. The standard InChI is InChI=1S/C10H21BrO2Si/c1-10(2,3)14(4,5)13-9(12)7-6-8-11/h6-7,9,12H,8H2,1-5H3/b7-6+. The molecule has 0 aromatic rings. The molecule has 0 bridgehead atoms. The number of hydrogen-bond acceptors (Lipinski definition) is 2. The lowest BCUT2D eigenvalue weighted by Gasteiger charge is -2.37. The van der Waals surface area contributed by atoms with E-state index in [1.807, 2.05) is 6.08 Å². The maximum Gasteiger partial charge on any atom is 0.195 e. The van der Waals surface area contributed by atoms with Crippen molar-refractivity contribution in [2.75, 3.05) is 5.33 Å². The highest BCUT2D eigenvalue weighted by Gasteiger charge is 2.38. The van der Waals surface area contributed by atoms with Gasteiger partial charge in [-0.2, -0.15) is 0 Å². The van der Waals surface area contributed by atoms with Crippen LogP contribution < -0.4 is 0 Å². The Morgan fingerprint density at radius 3 is 2.29 bits per heavy atom. The molecule has 14 heavy (non-hydrogen) atoms. The largest absolute Gasteiger partial charge is 0.389 e. The van der Waals surface area contributed by atoms with Crippen LogP contribution in [0.25, 0.3) is 0 Å². The summed E-state index contributed by atoms with van der Waals surface area (Å²) in [5.41, 5.74) is 0. The second-order valence-corrected chi connectivity index (χ2v) is 10.3. The number of rotatable bonds is 4. The maximum absolute atomic E-state index is 9.58. The first-order valence-electron chi connectivity index (χ1n) is 4.79. The quantitative estimate of drug-likeness (QED) is 0.371. The predicted octanol–water partition coefficient (Wildman–Crippen LogP) is 3.28. The third kappa shape index (κ3) is 4.73. The molecule has 0 aromatic carbocycles.